The van der Waals surface area contributed by atoms with Crippen LogP contribution in [0.5, 0.6) is 0 Å². The maximum atomic E-state index is 12.8. The molecule has 8 heteroatoms. The van der Waals surface area contributed by atoms with E-state index < -0.39 is 0 Å². The van der Waals surface area contributed by atoms with Crippen molar-refractivity contribution >= 4 is 5.91 Å². The second kappa shape index (κ2) is 10.0. The highest BCUT2D eigenvalue weighted by Gasteiger charge is 2.25. The summed E-state index contributed by atoms with van der Waals surface area (Å²) in [6.07, 6.45) is 1.66. The maximum absolute atomic E-state index is 12.8. The molecule has 8 nitrogen and oxygen atoms in total. The lowest BCUT2D eigenvalue weighted by molar-refractivity contribution is 0.0595. The predicted octanol–water partition coefficient (Wildman–Crippen LogP) is 4.09. The molecule has 0 saturated carbocycles. The number of carbonyl (C=O) groups is 1. The standard InChI is InChI=1S/C26H27N5O3/c1-19-9-11-21(12-10-19)25-27-24(34-29-25)8-5-13-30-14-16-31(17-15-30)26(32)23-18-22(28-33-23)20-6-3-2-4-7-20/h2-4,6-7,9-12,18H,5,8,13-17H2,1H3. The average Bonchev–Trinajstić information content (AvgIpc) is 3.56. The molecule has 0 N–H and O–H groups in total. The molecular formula is C26H27N5O3. The Labute approximate surface area is 198 Å². The van der Waals surface area contributed by atoms with Gasteiger partial charge in [-0.25, -0.2) is 0 Å². The van der Waals surface area contributed by atoms with Crippen molar-refractivity contribution in [1.82, 2.24) is 25.1 Å². The molecule has 0 bridgehead atoms. The van der Waals surface area contributed by atoms with Gasteiger partial charge in [0.15, 0.2) is 0 Å². The zero-order valence-electron chi connectivity index (χ0n) is 19.2. The van der Waals surface area contributed by atoms with Crippen LogP contribution < -0.4 is 0 Å². The van der Waals surface area contributed by atoms with Crippen LogP contribution in [0.1, 0.15) is 28.4 Å². The highest BCUT2D eigenvalue weighted by Crippen LogP contribution is 2.20. The third-order valence-electron chi connectivity index (χ3n) is 6.09. The molecule has 1 aliphatic heterocycles. The number of hydrogen-bond acceptors (Lipinski definition) is 7. The second-order valence-corrected chi connectivity index (χ2v) is 8.56. The van der Waals surface area contributed by atoms with Crippen LogP contribution in [0.2, 0.25) is 0 Å². The molecule has 0 aliphatic carbocycles. The number of hydrogen-bond donors (Lipinski definition) is 0. The Morgan fingerprint density at radius 3 is 2.44 bits per heavy atom. The summed E-state index contributed by atoms with van der Waals surface area (Å²) in [5.74, 6) is 1.46. The molecule has 34 heavy (non-hydrogen) atoms. The van der Waals surface area contributed by atoms with Crippen molar-refractivity contribution in [3.8, 4) is 22.6 Å². The minimum atomic E-state index is -0.108. The molecule has 1 fully saturated rings. The van der Waals surface area contributed by atoms with Crippen LogP contribution in [0.15, 0.2) is 69.7 Å². The normalized spacial score (nSPS) is 14.4. The van der Waals surface area contributed by atoms with E-state index in [0.717, 1.165) is 43.6 Å². The molecule has 5 rings (SSSR count). The number of rotatable bonds is 7. The fourth-order valence-corrected chi connectivity index (χ4v) is 4.08. The number of benzene rings is 2. The van der Waals surface area contributed by atoms with Gasteiger partial charge in [-0.1, -0.05) is 70.5 Å². The Morgan fingerprint density at radius 1 is 0.912 bits per heavy atom. The Bertz CT molecular complexity index is 1220. The topological polar surface area (TPSA) is 88.5 Å². The van der Waals surface area contributed by atoms with Gasteiger partial charge in [0.25, 0.3) is 5.91 Å². The van der Waals surface area contributed by atoms with Crippen molar-refractivity contribution in [2.24, 2.45) is 0 Å². The van der Waals surface area contributed by atoms with Gasteiger partial charge in [0.1, 0.15) is 5.69 Å². The van der Waals surface area contributed by atoms with E-state index >= 15 is 0 Å². The second-order valence-electron chi connectivity index (χ2n) is 8.56. The van der Waals surface area contributed by atoms with E-state index in [1.807, 2.05) is 59.5 Å². The summed E-state index contributed by atoms with van der Waals surface area (Å²) in [5.41, 5.74) is 3.77. The van der Waals surface area contributed by atoms with Crippen molar-refractivity contribution < 1.29 is 13.8 Å². The van der Waals surface area contributed by atoms with E-state index in [1.165, 1.54) is 5.56 Å². The third kappa shape index (κ3) is 5.07. The molecule has 174 valence electrons. The summed E-state index contributed by atoms with van der Waals surface area (Å²) >= 11 is 0. The molecule has 0 unspecified atom stereocenters. The number of carbonyl (C=O) groups excluding carboxylic acids is 1. The number of aryl methyl sites for hydroxylation is 2. The zero-order valence-corrected chi connectivity index (χ0v) is 19.2. The lowest BCUT2D eigenvalue weighted by atomic mass is 10.1. The van der Waals surface area contributed by atoms with Gasteiger partial charge in [0, 0.05) is 49.8 Å². The summed E-state index contributed by atoms with van der Waals surface area (Å²) in [7, 11) is 0. The third-order valence-corrected chi connectivity index (χ3v) is 6.09. The zero-order chi connectivity index (χ0) is 23.3. The molecule has 3 heterocycles. The van der Waals surface area contributed by atoms with E-state index in [9.17, 15) is 4.79 Å². The molecule has 1 saturated heterocycles. The molecule has 0 radical (unpaired) electrons. The fraction of sp³-hybridized carbons (Fsp3) is 0.308. The Morgan fingerprint density at radius 2 is 1.68 bits per heavy atom. The maximum Gasteiger partial charge on any atom is 0.292 e. The molecule has 2 aromatic carbocycles. The van der Waals surface area contributed by atoms with Crippen LogP contribution in [0.25, 0.3) is 22.6 Å². The lowest BCUT2D eigenvalue weighted by Gasteiger charge is -2.34. The van der Waals surface area contributed by atoms with Gasteiger partial charge in [0.2, 0.25) is 17.5 Å². The average molecular weight is 458 g/mol. The van der Waals surface area contributed by atoms with E-state index in [4.69, 9.17) is 9.05 Å². The smallest absolute Gasteiger partial charge is 0.292 e. The number of aromatic nitrogens is 3. The molecule has 1 amide bonds. The molecule has 0 atom stereocenters. The van der Waals surface area contributed by atoms with Crippen molar-refractivity contribution in [2.45, 2.75) is 19.8 Å². The van der Waals surface area contributed by atoms with Crippen molar-refractivity contribution in [3.05, 3.63) is 77.9 Å². The van der Waals surface area contributed by atoms with Gasteiger partial charge in [-0.3, -0.25) is 9.69 Å². The molecule has 0 spiro atoms. The first-order valence-corrected chi connectivity index (χ1v) is 11.6. The Hall–Kier alpha value is -3.78. The first-order valence-electron chi connectivity index (χ1n) is 11.6. The highest BCUT2D eigenvalue weighted by atomic mass is 16.5. The van der Waals surface area contributed by atoms with Crippen LogP contribution in [0.3, 0.4) is 0 Å². The molecular weight excluding hydrogens is 430 g/mol. The van der Waals surface area contributed by atoms with Crippen LogP contribution in [0.4, 0.5) is 0 Å². The van der Waals surface area contributed by atoms with Crippen molar-refractivity contribution in [3.63, 3.8) is 0 Å². The number of nitrogens with zero attached hydrogens (tertiary/aromatic N) is 5. The summed E-state index contributed by atoms with van der Waals surface area (Å²) < 4.78 is 10.8. The summed E-state index contributed by atoms with van der Waals surface area (Å²) in [5, 5.41) is 8.16. The summed E-state index contributed by atoms with van der Waals surface area (Å²) in [6, 6.07) is 19.5. The molecule has 2 aromatic heterocycles. The van der Waals surface area contributed by atoms with Gasteiger partial charge in [-0.15, -0.1) is 0 Å². The molecule has 1 aliphatic rings. The van der Waals surface area contributed by atoms with E-state index in [1.54, 1.807) is 6.07 Å². The SMILES string of the molecule is Cc1ccc(-c2noc(CCCN3CCN(C(=O)c4cc(-c5ccccc5)no4)CC3)n2)cc1. The minimum absolute atomic E-state index is 0.108. The minimum Gasteiger partial charge on any atom is -0.350 e. The van der Waals surface area contributed by atoms with Gasteiger partial charge in [0.05, 0.1) is 0 Å². The van der Waals surface area contributed by atoms with Crippen LogP contribution >= 0.6 is 0 Å². The van der Waals surface area contributed by atoms with Gasteiger partial charge in [-0.05, 0) is 19.9 Å². The van der Waals surface area contributed by atoms with Crippen LogP contribution in [0, 0.1) is 6.92 Å². The van der Waals surface area contributed by atoms with Crippen molar-refractivity contribution in [1.29, 1.82) is 0 Å². The highest BCUT2D eigenvalue weighted by molar-refractivity contribution is 5.92. The summed E-state index contributed by atoms with van der Waals surface area (Å²) in [6.45, 7) is 5.95. The largest absolute Gasteiger partial charge is 0.350 e. The predicted molar refractivity (Wildman–Crippen MR) is 127 cm³/mol. The van der Waals surface area contributed by atoms with E-state index in [-0.39, 0.29) is 11.7 Å². The van der Waals surface area contributed by atoms with E-state index in [2.05, 4.69) is 27.1 Å². The Kier molecular flexibility index (Phi) is 6.49. The fourth-order valence-electron chi connectivity index (χ4n) is 4.08. The van der Waals surface area contributed by atoms with Gasteiger partial charge in [-0.2, -0.15) is 4.98 Å². The Balaban J connectivity index is 1.07. The quantitative estimate of drug-likeness (QED) is 0.413. The number of piperazine rings is 1. The summed E-state index contributed by atoms with van der Waals surface area (Å²) in [4.78, 5) is 21.5. The van der Waals surface area contributed by atoms with Gasteiger partial charge < -0.3 is 13.9 Å². The lowest BCUT2D eigenvalue weighted by Crippen LogP contribution is -2.48. The first-order chi connectivity index (χ1) is 16.7. The van der Waals surface area contributed by atoms with Crippen LogP contribution in [-0.2, 0) is 6.42 Å². The number of amides is 1. The monoisotopic (exact) mass is 457 g/mol. The van der Waals surface area contributed by atoms with Gasteiger partial charge >= 0.3 is 0 Å². The van der Waals surface area contributed by atoms with E-state index in [0.29, 0.717) is 30.5 Å². The van der Waals surface area contributed by atoms with Crippen LogP contribution in [-0.4, -0.2) is 63.7 Å². The van der Waals surface area contributed by atoms with Crippen molar-refractivity contribution in [2.75, 3.05) is 32.7 Å². The molecule has 4 aromatic rings. The first kappa shape index (κ1) is 22.0.